The van der Waals surface area contributed by atoms with Gasteiger partial charge in [-0.05, 0) is 23.9 Å². The molecule has 0 aliphatic heterocycles. The molecule has 0 spiro atoms. The minimum Gasteiger partial charge on any atom is -0.378 e. The van der Waals surface area contributed by atoms with Gasteiger partial charge in [-0.15, -0.1) is 11.3 Å². The Hall–Kier alpha value is -1.66. The Labute approximate surface area is 114 Å². The van der Waals surface area contributed by atoms with Crippen LogP contribution in [0.25, 0.3) is 0 Å². The highest BCUT2D eigenvalue weighted by atomic mass is 32.3. The van der Waals surface area contributed by atoms with Crippen LogP contribution >= 0.6 is 11.3 Å². The van der Waals surface area contributed by atoms with Gasteiger partial charge in [0.05, 0.1) is 0 Å². The van der Waals surface area contributed by atoms with Gasteiger partial charge < -0.3 is 4.18 Å². The summed E-state index contributed by atoms with van der Waals surface area (Å²) in [4.78, 5) is 11.6. The number of rotatable bonds is 3. The lowest BCUT2D eigenvalue weighted by molar-refractivity contribution is 0.0994. The summed E-state index contributed by atoms with van der Waals surface area (Å²) in [7, 11) is -3.80. The Morgan fingerprint density at radius 1 is 1.11 bits per heavy atom. The lowest BCUT2D eigenvalue weighted by Gasteiger charge is -2.09. The highest BCUT2D eigenvalue weighted by molar-refractivity contribution is 7.89. The molecule has 0 saturated carbocycles. The number of Topliss-reactive ketones (excluding diaryl/α,β-unsaturated/α-hetero) is 1. The van der Waals surface area contributed by atoms with E-state index < -0.39 is 10.1 Å². The highest BCUT2D eigenvalue weighted by Crippen LogP contribution is 2.32. The number of carbonyl (C=O) groups excluding carboxylic acids is 1. The average Bonchev–Trinajstić information content (AvgIpc) is 3.00. The molecular weight excluding hydrogens is 284 g/mol. The molecule has 2 aromatic rings. The summed E-state index contributed by atoms with van der Waals surface area (Å²) >= 11 is 1.10. The minimum absolute atomic E-state index is 0.0361. The molecular formula is C13H10O4S2. The Kier molecular flexibility index (Phi) is 2.91. The van der Waals surface area contributed by atoms with Crippen molar-refractivity contribution in [3.8, 4) is 5.75 Å². The summed E-state index contributed by atoms with van der Waals surface area (Å²) in [6, 6.07) is 8.08. The van der Waals surface area contributed by atoms with Crippen molar-refractivity contribution in [1.82, 2.24) is 0 Å². The molecule has 6 heteroatoms. The van der Waals surface area contributed by atoms with Crippen LogP contribution in [-0.2, 0) is 16.5 Å². The third-order valence-electron chi connectivity index (χ3n) is 2.98. The van der Waals surface area contributed by atoms with Crippen molar-refractivity contribution in [2.24, 2.45) is 0 Å². The Balaban J connectivity index is 2.00. The maximum Gasteiger partial charge on any atom is 0.348 e. The van der Waals surface area contributed by atoms with Gasteiger partial charge in [-0.25, -0.2) is 0 Å². The van der Waals surface area contributed by atoms with Crippen LogP contribution in [-0.4, -0.2) is 14.2 Å². The fourth-order valence-corrected chi connectivity index (χ4v) is 4.01. The number of carbonyl (C=O) groups is 1. The van der Waals surface area contributed by atoms with E-state index in [2.05, 4.69) is 0 Å². The van der Waals surface area contributed by atoms with E-state index in [1.165, 1.54) is 6.07 Å². The van der Waals surface area contributed by atoms with Crippen LogP contribution in [0.5, 0.6) is 5.75 Å². The van der Waals surface area contributed by atoms with Crippen LogP contribution < -0.4 is 4.18 Å². The van der Waals surface area contributed by atoms with Crippen LogP contribution in [0.3, 0.4) is 0 Å². The standard InChI is InChI=1S/C13H10O4S2/c14-11-7-6-10-9(11)3-1-4-12(10)17-19(15,16)13-5-2-8-18-13/h1-5,8H,6-7H2. The summed E-state index contributed by atoms with van der Waals surface area (Å²) in [5, 5.41) is 1.68. The zero-order chi connectivity index (χ0) is 13.5. The van der Waals surface area contributed by atoms with Crippen LogP contribution in [0.15, 0.2) is 39.9 Å². The van der Waals surface area contributed by atoms with Gasteiger partial charge in [-0.2, -0.15) is 8.42 Å². The van der Waals surface area contributed by atoms with Gasteiger partial charge in [-0.1, -0.05) is 18.2 Å². The van der Waals surface area contributed by atoms with E-state index in [1.807, 2.05) is 0 Å². The van der Waals surface area contributed by atoms with E-state index in [0.29, 0.717) is 24.0 Å². The van der Waals surface area contributed by atoms with Gasteiger partial charge >= 0.3 is 10.1 Å². The van der Waals surface area contributed by atoms with Gasteiger partial charge in [0.1, 0.15) is 5.75 Å². The number of fused-ring (bicyclic) bond motifs is 1. The molecule has 4 nitrogen and oxygen atoms in total. The van der Waals surface area contributed by atoms with E-state index in [0.717, 1.165) is 11.3 Å². The van der Waals surface area contributed by atoms with Crippen molar-refractivity contribution in [1.29, 1.82) is 0 Å². The fraction of sp³-hybridized carbons (Fsp3) is 0.154. The molecule has 19 heavy (non-hydrogen) atoms. The number of hydrogen-bond donors (Lipinski definition) is 0. The molecule has 0 radical (unpaired) electrons. The third kappa shape index (κ3) is 2.17. The fourth-order valence-electron chi connectivity index (χ4n) is 2.10. The first-order valence-corrected chi connectivity index (χ1v) is 8.00. The van der Waals surface area contributed by atoms with Crippen molar-refractivity contribution < 1.29 is 17.4 Å². The maximum absolute atomic E-state index is 12.0. The number of benzene rings is 1. The van der Waals surface area contributed by atoms with Gasteiger partial charge in [0.25, 0.3) is 0 Å². The van der Waals surface area contributed by atoms with Crippen molar-refractivity contribution in [3.63, 3.8) is 0 Å². The first kappa shape index (κ1) is 12.4. The summed E-state index contributed by atoms with van der Waals surface area (Å²) in [6.45, 7) is 0. The number of thiophene rings is 1. The van der Waals surface area contributed by atoms with E-state index in [-0.39, 0.29) is 15.7 Å². The zero-order valence-electron chi connectivity index (χ0n) is 9.83. The average molecular weight is 294 g/mol. The molecule has 3 rings (SSSR count). The van der Waals surface area contributed by atoms with Gasteiger partial charge in [0.2, 0.25) is 0 Å². The number of hydrogen-bond acceptors (Lipinski definition) is 5. The van der Waals surface area contributed by atoms with E-state index in [9.17, 15) is 13.2 Å². The van der Waals surface area contributed by atoms with Crippen molar-refractivity contribution >= 4 is 27.2 Å². The Morgan fingerprint density at radius 3 is 2.68 bits per heavy atom. The first-order chi connectivity index (χ1) is 9.08. The SMILES string of the molecule is O=C1CCc2c(OS(=O)(=O)c3cccs3)cccc21. The Bertz CT molecular complexity index is 730. The van der Waals surface area contributed by atoms with Crippen molar-refractivity contribution in [2.45, 2.75) is 17.1 Å². The van der Waals surface area contributed by atoms with Gasteiger partial charge in [0, 0.05) is 17.5 Å². The molecule has 0 N–H and O–H groups in total. The molecule has 0 fully saturated rings. The van der Waals surface area contributed by atoms with E-state index in [4.69, 9.17) is 4.18 Å². The summed E-state index contributed by atoms with van der Waals surface area (Å²) in [5.74, 6) is 0.297. The second-order valence-electron chi connectivity index (χ2n) is 4.17. The normalized spacial score (nSPS) is 14.4. The topological polar surface area (TPSA) is 60.4 Å². The zero-order valence-corrected chi connectivity index (χ0v) is 11.5. The molecule has 0 bridgehead atoms. The van der Waals surface area contributed by atoms with Crippen LogP contribution in [0, 0.1) is 0 Å². The molecule has 1 aromatic carbocycles. The molecule has 1 aliphatic carbocycles. The maximum atomic E-state index is 12.0. The molecule has 98 valence electrons. The second-order valence-corrected chi connectivity index (χ2v) is 6.90. The van der Waals surface area contributed by atoms with Crippen molar-refractivity contribution in [2.75, 3.05) is 0 Å². The quantitative estimate of drug-likeness (QED) is 0.817. The predicted molar refractivity (Wildman–Crippen MR) is 71.2 cm³/mol. The molecule has 1 aliphatic rings. The third-order valence-corrected chi connectivity index (χ3v) is 5.57. The molecule has 1 heterocycles. The highest BCUT2D eigenvalue weighted by Gasteiger charge is 2.26. The monoisotopic (exact) mass is 294 g/mol. The molecule has 1 aromatic heterocycles. The van der Waals surface area contributed by atoms with Crippen LogP contribution in [0.1, 0.15) is 22.3 Å². The first-order valence-electron chi connectivity index (χ1n) is 5.71. The summed E-state index contributed by atoms with van der Waals surface area (Å²) < 4.78 is 29.4. The summed E-state index contributed by atoms with van der Waals surface area (Å²) in [5.41, 5.74) is 1.26. The molecule has 0 atom stereocenters. The largest absolute Gasteiger partial charge is 0.378 e. The van der Waals surface area contributed by atoms with Gasteiger partial charge in [0.15, 0.2) is 9.99 Å². The Morgan fingerprint density at radius 2 is 1.95 bits per heavy atom. The minimum atomic E-state index is -3.80. The smallest absolute Gasteiger partial charge is 0.348 e. The number of ketones is 1. The van der Waals surface area contributed by atoms with Gasteiger partial charge in [-0.3, -0.25) is 4.79 Å². The van der Waals surface area contributed by atoms with Crippen molar-refractivity contribution in [3.05, 3.63) is 46.8 Å². The van der Waals surface area contributed by atoms with E-state index in [1.54, 1.807) is 29.6 Å². The predicted octanol–water partition coefficient (Wildman–Crippen LogP) is 2.64. The van der Waals surface area contributed by atoms with Crippen LogP contribution in [0.2, 0.25) is 0 Å². The molecule has 0 unspecified atom stereocenters. The van der Waals surface area contributed by atoms with E-state index >= 15 is 0 Å². The lowest BCUT2D eigenvalue weighted by atomic mass is 10.1. The molecule has 0 amide bonds. The molecule has 0 saturated heterocycles. The van der Waals surface area contributed by atoms with Crippen LogP contribution in [0.4, 0.5) is 0 Å². The summed E-state index contributed by atoms with van der Waals surface area (Å²) in [6.07, 6.45) is 0.944. The lowest BCUT2D eigenvalue weighted by Crippen LogP contribution is -2.09. The second kappa shape index (κ2) is 4.47.